The summed E-state index contributed by atoms with van der Waals surface area (Å²) in [6, 6.07) is 6.71. The lowest BCUT2D eigenvalue weighted by Gasteiger charge is -2.05. The average molecular weight is 233 g/mol. The lowest BCUT2D eigenvalue weighted by Crippen LogP contribution is -2.26. The highest BCUT2D eigenvalue weighted by Crippen LogP contribution is 2.27. The highest BCUT2D eigenvalue weighted by atomic mass is 16.4. The highest BCUT2D eigenvalue weighted by Gasteiger charge is 2.21. The van der Waals surface area contributed by atoms with E-state index >= 15 is 0 Å². The molecule has 0 bridgehead atoms. The standard InChI is InChI=1S/C12H15N3O2/c13-11(15-17)9-2-1-3-10(6-9)12(16)14-7-8-4-5-8/h1-3,6,8,17H,4-5,7H2,(H2,13,15)(H,14,16). The van der Waals surface area contributed by atoms with Crippen LogP contribution in [0.25, 0.3) is 0 Å². The van der Waals surface area contributed by atoms with E-state index in [-0.39, 0.29) is 11.7 Å². The van der Waals surface area contributed by atoms with E-state index in [2.05, 4.69) is 10.5 Å². The minimum absolute atomic E-state index is 0.00171. The minimum atomic E-state index is -0.121. The molecule has 5 nitrogen and oxygen atoms in total. The average Bonchev–Trinajstić information content (AvgIpc) is 3.19. The number of carbonyl (C=O) groups is 1. The van der Waals surface area contributed by atoms with Crippen LogP contribution in [0.15, 0.2) is 29.4 Å². The maximum absolute atomic E-state index is 11.8. The number of amidine groups is 1. The van der Waals surface area contributed by atoms with Crippen LogP contribution in [0.1, 0.15) is 28.8 Å². The molecule has 0 radical (unpaired) electrons. The Bertz CT molecular complexity index is 453. The first-order chi connectivity index (χ1) is 8.20. The van der Waals surface area contributed by atoms with E-state index in [1.54, 1.807) is 24.3 Å². The van der Waals surface area contributed by atoms with Gasteiger partial charge >= 0.3 is 0 Å². The van der Waals surface area contributed by atoms with E-state index in [0.717, 1.165) is 6.54 Å². The number of oxime groups is 1. The number of benzene rings is 1. The predicted molar refractivity (Wildman–Crippen MR) is 64.0 cm³/mol. The molecule has 1 fully saturated rings. The lowest BCUT2D eigenvalue weighted by atomic mass is 10.1. The van der Waals surface area contributed by atoms with Gasteiger partial charge in [-0.15, -0.1) is 0 Å². The monoisotopic (exact) mass is 233 g/mol. The van der Waals surface area contributed by atoms with Crippen LogP contribution in [-0.4, -0.2) is 23.5 Å². The number of amides is 1. The summed E-state index contributed by atoms with van der Waals surface area (Å²) in [6.07, 6.45) is 2.40. The maximum Gasteiger partial charge on any atom is 0.251 e. The smallest absolute Gasteiger partial charge is 0.251 e. The molecule has 0 aromatic heterocycles. The van der Waals surface area contributed by atoms with Crippen molar-refractivity contribution >= 4 is 11.7 Å². The van der Waals surface area contributed by atoms with E-state index in [1.165, 1.54) is 12.8 Å². The van der Waals surface area contributed by atoms with Gasteiger partial charge in [0.2, 0.25) is 0 Å². The number of carbonyl (C=O) groups excluding carboxylic acids is 1. The Morgan fingerprint density at radius 1 is 1.47 bits per heavy atom. The Morgan fingerprint density at radius 3 is 2.82 bits per heavy atom. The van der Waals surface area contributed by atoms with Crippen molar-refractivity contribution in [2.75, 3.05) is 6.54 Å². The van der Waals surface area contributed by atoms with Gasteiger partial charge < -0.3 is 16.3 Å². The number of nitrogens with two attached hydrogens (primary N) is 1. The summed E-state index contributed by atoms with van der Waals surface area (Å²) in [5.74, 6) is 0.525. The quantitative estimate of drug-likeness (QED) is 0.313. The zero-order valence-corrected chi connectivity index (χ0v) is 9.39. The molecule has 1 aliphatic rings. The molecule has 1 aliphatic carbocycles. The van der Waals surface area contributed by atoms with Crippen molar-refractivity contribution in [2.24, 2.45) is 16.8 Å². The summed E-state index contributed by atoms with van der Waals surface area (Å²) in [5, 5.41) is 14.3. The van der Waals surface area contributed by atoms with Gasteiger partial charge in [0.25, 0.3) is 5.91 Å². The largest absolute Gasteiger partial charge is 0.409 e. The van der Waals surface area contributed by atoms with Crippen LogP contribution in [0.5, 0.6) is 0 Å². The second-order valence-corrected chi connectivity index (χ2v) is 4.22. The minimum Gasteiger partial charge on any atom is -0.409 e. The summed E-state index contributed by atoms with van der Waals surface area (Å²) < 4.78 is 0. The van der Waals surface area contributed by atoms with Crippen LogP contribution in [0.2, 0.25) is 0 Å². The molecule has 0 aliphatic heterocycles. The molecule has 4 N–H and O–H groups in total. The molecular weight excluding hydrogens is 218 g/mol. The molecule has 5 heteroatoms. The summed E-state index contributed by atoms with van der Waals surface area (Å²) in [5.41, 5.74) is 6.52. The lowest BCUT2D eigenvalue weighted by molar-refractivity contribution is 0.0952. The Hall–Kier alpha value is -2.04. The SMILES string of the molecule is N/C(=N\O)c1cccc(C(=O)NCC2CC2)c1. The van der Waals surface area contributed by atoms with Gasteiger partial charge in [0, 0.05) is 17.7 Å². The molecule has 90 valence electrons. The van der Waals surface area contributed by atoms with Gasteiger partial charge in [-0.3, -0.25) is 4.79 Å². The zero-order chi connectivity index (χ0) is 12.3. The molecule has 0 atom stereocenters. The molecule has 1 aromatic rings. The molecule has 0 spiro atoms. The van der Waals surface area contributed by atoms with Gasteiger partial charge in [-0.1, -0.05) is 17.3 Å². The van der Waals surface area contributed by atoms with Crippen LogP contribution in [0, 0.1) is 5.92 Å². The van der Waals surface area contributed by atoms with Crippen LogP contribution in [-0.2, 0) is 0 Å². The van der Waals surface area contributed by atoms with E-state index in [0.29, 0.717) is 17.0 Å². The van der Waals surface area contributed by atoms with E-state index in [4.69, 9.17) is 10.9 Å². The molecule has 0 saturated heterocycles. The van der Waals surface area contributed by atoms with E-state index in [9.17, 15) is 4.79 Å². The van der Waals surface area contributed by atoms with Crippen molar-refractivity contribution in [1.29, 1.82) is 0 Å². The first-order valence-electron chi connectivity index (χ1n) is 5.57. The number of nitrogens with one attached hydrogen (secondary N) is 1. The summed E-state index contributed by atoms with van der Waals surface area (Å²) in [7, 11) is 0. The number of rotatable bonds is 4. The first kappa shape index (κ1) is 11.4. The molecule has 2 rings (SSSR count). The van der Waals surface area contributed by atoms with Crippen molar-refractivity contribution in [1.82, 2.24) is 5.32 Å². The fraction of sp³-hybridized carbons (Fsp3) is 0.333. The fourth-order valence-corrected chi connectivity index (χ4v) is 1.54. The third-order valence-corrected chi connectivity index (χ3v) is 2.78. The van der Waals surface area contributed by atoms with Crippen LogP contribution >= 0.6 is 0 Å². The van der Waals surface area contributed by atoms with Crippen molar-refractivity contribution < 1.29 is 10.0 Å². The second kappa shape index (κ2) is 4.86. The Labute approximate surface area is 99.3 Å². The van der Waals surface area contributed by atoms with Gasteiger partial charge in [0.1, 0.15) is 0 Å². The van der Waals surface area contributed by atoms with Crippen LogP contribution in [0.4, 0.5) is 0 Å². The van der Waals surface area contributed by atoms with Crippen molar-refractivity contribution in [3.63, 3.8) is 0 Å². The van der Waals surface area contributed by atoms with Crippen LogP contribution < -0.4 is 11.1 Å². The molecule has 0 heterocycles. The van der Waals surface area contributed by atoms with Gasteiger partial charge in [-0.25, -0.2) is 0 Å². The normalized spacial score (nSPS) is 15.6. The number of nitrogens with zero attached hydrogens (tertiary/aromatic N) is 1. The Morgan fingerprint density at radius 2 is 2.18 bits per heavy atom. The molecule has 0 unspecified atom stereocenters. The summed E-state index contributed by atoms with van der Waals surface area (Å²) in [6.45, 7) is 0.729. The third kappa shape index (κ3) is 2.96. The highest BCUT2D eigenvalue weighted by molar-refractivity contribution is 6.01. The van der Waals surface area contributed by atoms with E-state index < -0.39 is 0 Å². The number of hydrogen-bond donors (Lipinski definition) is 3. The molecular formula is C12H15N3O2. The number of hydrogen-bond acceptors (Lipinski definition) is 3. The van der Waals surface area contributed by atoms with E-state index in [1.807, 2.05) is 0 Å². The second-order valence-electron chi connectivity index (χ2n) is 4.22. The summed E-state index contributed by atoms with van der Waals surface area (Å²) in [4.78, 5) is 11.8. The van der Waals surface area contributed by atoms with Gasteiger partial charge in [0.15, 0.2) is 5.84 Å². The molecule has 1 amide bonds. The maximum atomic E-state index is 11.8. The van der Waals surface area contributed by atoms with Crippen molar-refractivity contribution in [2.45, 2.75) is 12.8 Å². The van der Waals surface area contributed by atoms with Crippen LogP contribution in [0.3, 0.4) is 0 Å². The molecule has 1 saturated carbocycles. The first-order valence-corrected chi connectivity index (χ1v) is 5.57. The molecule has 1 aromatic carbocycles. The molecule has 17 heavy (non-hydrogen) atoms. The predicted octanol–water partition coefficient (Wildman–Crippen LogP) is 0.921. The Kier molecular flexibility index (Phi) is 3.27. The zero-order valence-electron chi connectivity index (χ0n) is 9.39. The summed E-state index contributed by atoms with van der Waals surface area (Å²) >= 11 is 0. The third-order valence-electron chi connectivity index (χ3n) is 2.78. The van der Waals surface area contributed by atoms with Gasteiger partial charge in [-0.2, -0.15) is 0 Å². The van der Waals surface area contributed by atoms with Crippen molar-refractivity contribution in [3.05, 3.63) is 35.4 Å². The Balaban J connectivity index is 2.06. The van der Waals surface area contributed by atoms with Gasteiger partial charge in [0.05, 0.1) is 0 Å². The van der Waals surface area contributed by atoms with Crippen molar-refractivity contribution in [3.8, 4) is 0 Å². The topological polar surface area (TPSA) is 87.7 Å². The van der Waals surface area contributed by atoms with Gasteiger partial charge in [-0.05, 0) is 30.9 Å². The fourth-order valence-electron chi connectivity index (χ4n) is 1.54.